The zero-order valence-corrected chi connectivity index (χ0v) is 20.8. The molecular formula is C27H25N3O6S. The Morgan fingerprint density at radius 3 is 2.49 bits per heavy atom. The number of carbonyl (C=O) groups is 2. The summed E-state index contributed by atoms with van der Waals surface area (Å²) in [6, 6.07) is 19.6. The van der Waals surface area contributed by atoms with E-state index in [2.05, 4.69) is 16.6 Å². The molecule has 1 saturated carbocycles. The highest BCUT2D eigenvalue weighted by Crippen LogP contribution is 2.53. The number of hydrogen-bond acceptors (Lipinski definition) is 6. The van der Waals surface area contributed by atoms with Crippen molar-refractivity contribution in [2.45, 2.75) is 22.8 Å². The second-order valence-corrected chi connectivity index (χ2v) is 10.5. The first-order valence-electron chi connectivity index (χ1n) is 11.5. The van der Waals surface area contributed by atoms with Gasteiger partial charge in [-0.1, -0.05) is 61.2 Å². The number of sulfonamides is 1. The van der Waals surface area contributed by atoms with Crippen molar-refractivity contribution in [3.63, 3.8) is 0 Å². The summed E-state index contributed by atoms with van der Waals surface area (Å²) in [6.07, 6.45) is 1.70. The van der Waals surface area contributed by atoms with Gasteiger partial charge in [0.15, 0.2) is 11.5 Å². The SMILES string of the molecule is C=Cc1ccccc1S(=O)(=O)NC(=O)NC1(C(=O)N(C)c2ccc3c(c2)OCO3)C[C@@H]1c1ccccc1. The summed E-state index contributed by atoms with van der Waals surface area (Å²) in [7, 11) is -2.63. The molecule has 0 radical (unpaired) electrons. The van der Waals surface area contributed by atoms with E-state index in [1.54, 1.807) is 43.4 Å². The van der Waals surface area contributed by atoms with Gasteiger partial charge < -0.3 is 19.7 Å². The van der Waals surface area contributed by atoms with Crippen molar-refractivity contribution in [2.75, 3.05) is 18.7 Å². The Hall–Kier alpha value is -4.31. The molecule has 1 aliphatic heterocycles. The number of benzene rings is 3. The lowest BCUT2D eigenvalue weighted by molar-refractivity contribution is -0.121. The minimum atomic E-state index is -4.22. The highest BCUT2D eigenvalue weighted by Gasteiger charge is 2.63. The first-order valence-corrected chi connectivity index (χ1v) is 13.0. The van der Waals surface area contributed by atoms with Crippen LogP contribution in [-0.2, 0) is 14.8 Å². The number of carbonyl (C=O) groups excluding carboxylic acids is 2. The number of likely N-dealkylation sites (N-methyl/N-ethyl adjacent to an activating group) is 1. The van der Waals surface area contributed by atoms with Gasteiger partial charge in [-0.15, -0.1) is 0 Å². The number of nitrogens with one attached hydrogen (secondary N) is 2. The molecule has 3 aromatic rings. The van der Waals surface area contributed by atoms with Crippen LogP contribution in [-0.4, -0.2) is 39.7 Å². The van der Waals surface area contributed by atoms with Crippen LogP contribution in [0.5, 0.6) is 11.5 Å². The monoisotopic (exact) mass is 519 g/mol. The van der Waals surface area contributed by atoms with Gasteiger partial charge in [0.1, 0.15) is 5.54 Å². The molecule has 2 N–H and O–H groups in total. The molecule has 0 bridgehead atoms. The number of ether oxygens (including phenoxy) is 2. The molecule has 3 aromatic carbocycles. The Labute approximate surface area is 214 Å². The summed E-state index contributed by atoms with van der Waals surface area (Å²) in [4.78, 5) is 28.2. The van der Waals surface area contributed by atoms with Crippen molar-refractivity contribution >= 4 is 33.7 Å². The van der Waals surface area contributed by atoms with Crippen LogP contribution in [0.3, 0.4) is 0 Å². The highest BCUT2D eigenvalue weighted by atomic mass is 32.2. The molecule has 1 unspecified atom stereocenters. The van der Waals surface area contributed by atoms with Crippen LogP contribution in [0.25, 0.3) is 6.08 Å². The molecule has 1 heterocycles. The Morgan fingerprint density at radius 1 is 1.03 bits per heavy atom. The zero-order valence-electron chi connectivity index (χ0n) is 20.0. The maximum atomic E-state index is 13.8. The summed E-state index contributed by atoms with van der Waals surface area (Å²) >= 11 is 0. The van der Waals surface area contributed by atoms with Crippen molar-refractivity contribution in [2.24, 2.45) is 0 Å². The largest absolute Gasteiger partial charge is 0.454 e. The van der Waals surface area contributed by atoms with Crippen LogP contribution in [0.1, 0.15) is 23.5 Å². The third-order valence-electron chi connectivity index (χ3n) is 6.58. The van der Waals surface area contributed by atoms with Crippen molar-refractivity contribution in [1.29, 1.82) is 0 Å². The molecule has 10 heteroatoms. The molecule has 5 rings (SSSR count). The van der Waals surface area contributed by atoms with Gasteiger partial charge in [-0.2, -0.15) is 0 Å². The van der Waals surface area contributed by atoms with Gasteiger partial charge >= 0.3 is 6.03 Å². The lowest BCUT2D eigenvalue weighted by Gasteiger charge is -2.26. The van der Waals surface area contributed by atoms with E-state index < -0.39 is 21.6 Å². The van der Waals surface area contributed by atoms with Crippen molar-refractivity contribution in [3.8, 4) is 11.5 Å². The van der Waals surface area contributed by atoms with Gasteiger partial charge in [-0.3, -0.25) is 4.79 Å². The predicted molar refractivity (Wildman–Crippen MR) is 138 cm³/mol. The predicted octanol–water partition coefficient (Wildman–Crippen LogP) is 3.64. The van der Waals surface area contributed by atoms with Gasteiger partial charge in [0.05, 0.1) is 4.90 Å². The van der Waals surface area contributed by atoms with E-state index in [1.165, 1.54) is 17.0 Å². The summed E-state index contributed by atoms with van der Waals surface area (Å²) in [5.41, 5.74) is 0.409. The lowest BCUT2D eigenvalue weighted by atomic mass is 10.0. The van der Waals surface area contributed by atoms with Crippen LogP contribution >= 0.6 is 0 Å². The van der Waals surface area contributed by atoms with E-state index in [1.807, 2.05) is 30.3 Å². The number of rotatable bonds is 7. The third-order valence-corrected chi connectivity index (χ3v) is 7.99. The quantitative estimate of drug-likeness (QED) is 0.493. The van der Waals surface area contributed by atoms with E-state index in [0.717, 1.165) is 5.56 Å². The number of fused-ring (bicyclic) bond motifs is 1. The number of amides is 3. The van der Waals surface area contributed by atoms with Crippen molar-refractivity contribution in [1.82, 2.24) is 10.0 Å². The minimum absolute atomic E-state index is 0.0894. The van der Waals surface area contributed by atoms with Gasteiger partial charge in [0, 0.05) is 24.7 Å². The molecule has 37 heavy (non-hydrogen) atoms. The molecule has 0 aromatic heterocycles. The molecule has 9 nitrogen and oxygen atoms in total. The smallest absolute Gasteiger partial charge is 0.329 e. The Kier molecular flexibility index (Phi) is 6.12. The number of hydrogen-bond donors (Lipinski definition) is 2. The number of anilines is 1. The zero-order chi connectivity index (χ0) is 26.2. The van der Waals surface area contributed by atoms with E-state index >= 15 is 0 Å². The maximum absolute atomic E-state index is 13.8. The Bertz CT molecular complexity index is 1490. The van der Waals surface area contributed by atoms with Crippen LogP contribution in [0, 0.1) is 0 Å². The van der Waals surface area contributed by atoms with E-state index in [-0.39, 0.29) is 23.5 Å². The summed E-state index contributed by atoms with van der Waals surface area (Å²) in [5, 5.41) is 2.68. The highest BCUT2D eigenvalue weighted by molar-refractivity contribution is 7.90. The van der Waals surface area contributed by atoms with Crippen molar-refractivity contribution < 1.29 is 27.5 Å². The molecule has 2 atom stereocenters. The average Bonchev–Trinajstić information content (AvgIpc) is 3.43. The third kappa shape index (κ3) is 4.51. The summed E-state index contributed by atoms with van der Waals surface area (Å²) in [6.45, 7) is 3.73. The van der Waals surface area contributed by atoms with Gasteiger partial charge in [-0.25, -0.2) is 17.9 Å². The van der Waals surface area contributed by atoms with E-state index in [9.17, 15) is 18.0 Å². The lowest BCUT2D eigenvalue weighted by Crippen LogP contribution is -2.54. The van der Waals surface area contributed by atoms with Gasteiger partial charge in [0.2, 0.25) is 6.79 Å². The average molecular weight is 520 g/mol. The maximum Gasteiger partial charge on any atom is 0.329 e. The second kappa shape index (κ2) is 9.29. The van der Waals surface area contributed by atoms with E-state index in [4.69, 9.17) is 9.47 Å². The van der Waals surface area contributed by atoms with E-state index in [0.29, 0.717) is 29.2 Å². The van der Waals surface area contributed by atoms with Gasteiger partial charge in [0.25, 0.3) is 15.9 Å². The van der Waals surface area contributed by atoms with Crippen LogP contribution < -0.4 is 24.4 Å². The molecular weight excluding hydrogens is 494 g/mol. The first kappa shape index (κ1) is 24.4. The molecule has 0 spiro atoms. The molecule has 3 amide bonds. The molecule has 0 saturated heterocycles. The minimum Gasteiger partial charge on any atom is -0.454 e. The normalized spacial score (nSPS) is 19.5. The molecule has 1 aliphatic carbocycles. The fraction of sp³-hybridized carbons (Fsp3) is 0.185. The number of urea groups is 1. The number of nitrogens with zero attached hydrogens (tertiary/aromatic N) is 1. The topological polar surface area (TPSA) is 114 Å². The first-order chi connectivity index (χ1) is 17.7. The molecule has 1 fully saturated rings. The molecule has 190 valence electrons. The summed E-state index contributed by atoms with van der Waals surface area (Å²) in [5.74, 6) is 0.362. The molecule has 2 aliphatic rings. The van der Waals surface area contributed by atoms with Crippen molar-refractivity contribution in [3.05, 3.63) is 90.5 Å². The Morgan fingerprint density at radius 2 is 1.73 bits per heavy atom. The van der Waals surface area contributed by atoms with Gasteiger partial charge in [-0.05, 0) is 35.7 Å². The second-order valence-electron chi connectivity index (χ2n) is 8.84. The fourth-order valence-electron chi connectivity index (χ4n) is 4.59. The summed E-state index contributed by atoms with van der Waals surface area (Å²) < 4.78 is 38.8. The standard InChI is InChI=1S/C27H25N3O6S/c1-3-18-9-7-8-12-24(18)37(33,34)29-26(32)28-27(16-21(27)19-10-5-4-6-11-19)25(31)30(2)20-13-14-22-23(15-20)36-17-35-22/h3-15,21H,1,16-17H2,2H3,(H2,28,29,32)/t21-,27?/m1/s1. The van der Waals surface area contributed by atoms with Crippen LogP contribution in [0.4, 0.5) is 10.5 Å². The van der Waals surface area contributed by atoms with Crippen LogP contribution in [0.2, 0.25) is 0 Å². The fourth-order valence-corrected chi connectivity index (χ4v) is 5.71. The Balaban J connectivity index is 1.42. The van der Waals surface area contributed by atoms with Crippen LogP contribution in [0.15, 0.2) is 84.3 Å².